The molecule has 0 aromatic heterocycles. The Balaban J connectivity index is 2.26. The van der Waals surface area contributed by atoms with Crippen molar-refractivity contribution >= 4 is 29.3 Å². The van der Waals surface area contributed by atoms with E-state index in [2.05, 4.69) is 5.32 Å². The molecule has 0 aliphatic heterocycles. The highest BCUT2D eigenvalue weighted by molar-refractivity contribution is 6.30. The predicted molar refractivity (Wildman–Crippen MR) is 91.3 cm³/mol. The van der Waals surface area contributed by atoms with Gasteiger partial charge in [0.05, 0.1) is 0 Å². The maximum atomic E-state index is 12.2. The zero-order valence-corrected chi connectivity index (χ0v) is 13.5. The number of amides is 1. The van der Waals surface area contributed by atoms with Gasteiger partial charge in [0.15, 0.2) is 0 Å². The fraction of sp³-hybridized carbons (Fsp3) is 0.111. The number of halogens is 1. The van der Waals surface area contributed by atoms with Crippen molar-refractivity contribution in [3.05, 3.63) is 63.7 Å². The van der Waals surface area contributed by atoms with Crippen molar-refractivity contribution in [2.24, 2.45) is 0 Å². The SMILES string of the molecule is Cc1cc(/C=C(\C#N)C(=O)Nc2ccc(Cl)cc2)cc(C)c1O. The van der Waals surface area contributed by atoms with Crippen LogP contribution in [0.2, 0.25) is 5.02 Å². The lowest BCUT2D eigenvalue weighted by atomic mass is 10.0. The number of carbonyl (C=O) groups is 1. The normalized spacial score (nSPS) is 11.0. The van der Waals surface area contributed by atoms with Crippen LogP contribution in [0.3, 0.4) is 0 Å². The van der Waals surface area contributed by atoms with E-state index in [-0.39, 0.29) is 11.3 Å². The van der Waals surface area contributed by atoms with E-state index in [1.807, 2.05) is 6.07 Å². The molecule has 0 radical (unpaired) electrons. The lowest BCUT2D eigenvalue weighted by molar-refractivity contribution is -0.112. The molecule has 0 saturated heterocycles. The molecule has 5 heteroatoms. The van der Waals surface area contributed by atoms with Crippen molar-refractivity contribution in [1.29, 1.82) is 5.26 Å². The number of benzene rings is 2. The van der Waals surface area contributed by atoms with E-state index < -0.39 is 5.91 Å². The van der Waals surface area contributed by atoms with Crippen molar-refractivity contribution < 1.29 is 9.90 Å². The molecule has 23 heavy (non-hydrogen) atoms. The number of hydrogen-bond acceptors (Lipinski definition) is 3. The molecule has 2 rings (SSSR count). The zero-order chi connectivity index (χ0) is 17.0. The maximum Gasteiger partial charge on any atom is 0.266 e. The third-order valence-corrected chi connectivity index (χ3v) is 3.54. The zero-order valence-electron chi connectivity index (χ0n) is 12.7. The van der Waals surface area contributed by atoms with Gasteiger partial charge in [-0.3, -0.25) is 4.79 Å². The first-order chi connectivity index (χ1) is 10.9. The van der Waals surface area contributed by atoms with Crippen molar-refractivity contribution in [3.63, 3.8) is 0 Å². The number of phenols is 1. The van der Waals surface area contributed by atoms with Crippen LogP contribution in [0.1, 0.15) is 16.7 Å². The molecule has 0 aliphatic rings. The van der Waals surface area contributed by atoms with Gasteiger partial charge in [0.25, 0.3) is 5.91 Å². The molecular formula is C18H15ClN2O2. The number of carbonyl (C=O) groups excluding carboxylic acids is 1. The molecule has 116 valence electrons. The number of rotatable bonds is 3. The van der Waals surface area contributed by atoms with E-state index in [0.717, 1.165) is 0 Å². The van der Waals surface area contributed by atoms with E-state index in [4.69, 9.17) is 11.6 Å². The van der Waals surface area contributed by atoms with Crippen molar-refractivity contribution in [1.82, 2.24) is 0 Å². The summed E-state index contributed by atoms with van der Waals surface area (Å²) in [6, 6.07) is 11.9. The topological polar surface area (TPSA) is 73.1 Å². The summed E-state index contributed by atoms with van der Waals surface area (Å²) >= 11 is 5.79. The predicted octanol–water partition coefficient (Wildman–Crippen LogP) is 4.21. The highest BCUT2D eigenvalue weighted by Gasteiger charge is 2.10. The summed E-state index contributed by atoms with van der Waals surface area (Å²) < 4.78 is 0. The summed E-state index contributed by atoms with van der Waals surface area (Å²) in [6.07, 6.45) is 1.49. The number of nitrogens with zero attached hydrogens (tertiary/aromatic N) is 1. The Morgan fingerprint density at radius 1 is 1.22 bits per heavy atom. The van der Waals surface area contributed by atoms with E-state index >= 15 is 0 Å². The molecule has 0 spiro atoms. The number of nitriles is 1. The van der Waals surface area contributed by atoms with Crippen LogP contribution in [0.15, 0.2) is 42.0 Å². The Labute approximate surface area is 139 Å². The summed E-state index contributed by atoms with van der Waals surface area (Å²) in [6.45, 7) is 3.53. The second kappa shape index (κ2) is 6.99. The molecule has 2 aromatic rings. The second-order valence-electron chi connectivity index (χ2n) is 5.13. The first-order valence-electron chi connectivity index (χ1n) is 6.89. The van der Waals surface area contributed by atoms with Gasteiger partial charge < -0.3 is 10.4 Å². The van der Waals surface area contributed by atoms with Crippen LogP contribution in [0, 0.1) is 25.2 Å². The Kier molecular flexibility index (Phi) is 5.05. The monoisotopic (exact) mass is 326 g/mol. The van der Waals surface area contributed by atoms with Crippen LogP contribution in [-0.2, 0) is 4.79 Å². The summed E-state index contributed by atoms with van der Waals surface area (Å²) in [5, 5.41) is 22.2. The van der Waals surface area contributed by atoms with E-state index in [1.165, 1.54) is 6.08 Å². The molecule has 1 amide bonds. The molecule has 2 aromatic carbocycles. The van der Waals surface area contributed by atoms with Gasteiger partial charge in [-0.2, -0.15) is 5.26 Å². The van der Waals surface area contributed by atoms with Crippen LogP contribution < -0.4 is 5.32 Å². The Morgan fingerprint density at radius 3 is 2.30 bits per heavy atom. The van der Waals surface area contributed by atoms with Gasteiger partial charge in [0.2, 0.25) is 0 Å². The van der Waals surface area contributed by atoms with E-state index in [1.54, 1.807) is 50.2 Å². The molecule has 0 atom stereocenters. The quantitative estimate of drug-likeness (QED) is 0.655. The maximum absolute atomic E-state index is 12.2. The minimum atomic E-state index is -0.502. The number of hydrogen-bond donors (Lipinski definition) is 2. The van der Waals surface area contributed by atoms with Crippen molar-refractivity contribution in [2.45, 2.75) is 13.8 Å². The van der Waals surface area contributed by atoms with Crippen LogP contribution >= 0.6 is 11.6 Å². The molecule has 0 fully saturated rings. The van der Waals surface area contributed by atoms with Crippen LogP contribution in [-0.4, -0.2) is 11.0 Å². The van der Waals surface area contributed by atoms with Gasteiger partial charge in [-0.15, -0.1) is 0 Å². The lowest BCUT2D eigenvalue weighted by Gasteiger charge is -2.07. The Hall–Kier alpha value is -2.77. The van der Waals surface area contributed by atoms with Gasteiger partial charge >= 0.3 is 0 Å². The van der Waals surface area contributed by atoms with Gasteiger partial charge in [0, 0.05) is 10.7 Å². The smallest absolute Gasteiger partial charge is 0.266 e. The van der Waals surface area contributed by atoms with Crippen LogP contribution in [0.25, 0.3) is 6.08 Å². The van der Waals surface area contributed by atoms with Gasteiger partial charge in [-0.1, -0.05) is 11.6 Å². The summed E-state index contributed by atoms with van der Waals surface area (Å²) in [4.78, 5) is 12.2. The molecule has 0 bridgehead atoms. The first-order valence-corrected chi connectivity index (χ1v) is 7.27. The van der Waals surface area contributed by atoms with Crippen LogP contribution in [0.5, 0.6) is 5.75 Å². The second-order valence-corrected chi connectivity index (χ2v) is 5.57. The average Bonchev–Trinajstić information content (AvgIpc) is 2.52. The van der Waals surface area contributed by atoms with Crippen LogP contribution in [0.4, 0.5) is 5.69 Å². The third kappa shape index (κ3) is 4.12. The molecule has 2 N–H and O–H groups in total. The minimum absolute atomic E-state index is 0.0237. The number of anilines is 1. The standard InChI is InChI=1S/C18H15ClN2O2/c1-11-7-13(8-12(2)17(11)22)9-14(10-20)18(23)21-16-5-3-15(19)4-6-16/h3-9,22H,1-2H3,(H,21,23)/b14-9+. The number of aryl methyl sites for hydroxylation is 2. The van der Waals surface area contributed by atoms with E-state index in [9.17, 15) is 15.2 Å². The Bertz CT molecular complexity index is 795. The highest BCUT2D eigenvalue weighted by Crippen LogP contribution is 2.24. The minimum Gasteiger partial charge on any atom is -0.507 e. The molecular weight excluding hydrogens is 312 g/mol. The largest absolute Gasteiger partial charge is 0.507 e. The lowest BCUT2D eigenvalue weighted by Crippen LogP contribution is -2.13. The summed E-state index contributed by atoms with van der Waals surface area (Å²) in [5.74, 6) is -0.288. The summed E-state index contributed by atoms with van der Waals surface area (Å²) in [7, 11) is 0. The van der Waals surface area contributed by atoms with Gasteiger partial charge in [0.1, 0.15) is 17.4 Å². The van der Waals surface area contributed by atoms with Crippen molar-refractivity contribution in [3.8, 4) is 11.8 Å². The highest BCUT2D eigenvalue weighted by atomic mass is 35.5. The number of aromatic hydroxyl groups is 1. The van der Waals surface area contributed by atoms with Gasteiger partial charge in [-0.05, 0) is 73.0 Å². The number of phenolic OH excluding ortho intramolecular Hbond substituents is 1. The molecule has 0 unspecified atom stereocenters. The average molecular weight is 327 g/mol. The van der Waals surface area contributed by atoms with E-state index in [0.29, 0.717) is 27.4 Å². The third-order valence-electron chi connectivity index (χ3n) is 3.29. The molecule has 0 aliphatic carbocycles. The van der Waals surface area contributed by atoms with Crippen molar-refractivity contribution in [2.75, 3.05) is 5.32 Å². The molecule has 4 nitrogen and oxygen atoms in total. The fourth-order valence-electron chi connectivity index (χ4n) is 2.12. The molecule has 0 saturated carbocycles. The fourth-order valence-corrected chi connectivity index (χ4v) is 2.25. The first kappa shape index (κ1) is 16.6. The molecule has 0 heterocycles. The Morgan fingerprint density at radius 2 is 1.78 bits per heavy atom. The van der Waals surface area contributed by atoms with Gasteiger partial charge in [-0.25, -0.2) is 0 Å². The summed E-state index contributed by atoms with van der Waals surface area (Å²) in [5.41, 5.74) is 2.59. The number of nitrogens with one attached hydrogen (secondary N) is 1.